The molecule has 2 aliphatic rings. The highest BCUT2D eigenvalue weighted by Crippen LogP contribution is 2.65. The number of hydrogen-bond acceptors (Lipinski definition) is 0. The van der Waals surface area contributed by atoms with Crippen molar-refractivity contribution in [2.75, 3.05) is 0 Å². The summed E-state index contributed by atoms with van der Waals surface area (Å²) in [5, 5.41) is 12.9. The van der Waals surface area contributed by atoms with E-state index in [0.29, 0.717) is 0 Å². The van der Waals surface area contributed by atoms with E-state index in [-0.39, 0.29) is 0 Å². The number of benzene rings is 12. The molecule has 290 valence electrons. The van der Waals surface area contributed by atoms with Gasteiger partial charge in [-0.25, -0.2) is 0 Å². The second kappa shape index (κ2) is 13.0. The van der Waals surface area contributed by atoms with Crippen LogP contribution in [0.1, 0.15) is 22.3 Å². The smallest absolute Gasteiger partial charge is 0.0622 e. The van der Waals surface area contributed by atoms with Crippen LogP contribution in [0.5, 0.6) is 0 Å². The second-order valence-corrected chi connectivity index (χ2v) is 17.4. The highest BCUT2D eigenvalue weighted by molar-refractivity contribution is 6.22. The molecule has 14 rings (SSSR count). The Kier molecular flexibility index (Phi) is 7.13. The molecule has 2 aliphatic carbocycles. The standard InChI is InChI=1S/C63H38/c1-2-16-40(17-3-1)59-50-23-7-9-25-52(50)60(53-26-10-8-24-51(53)59)41-32-30-39(31-33-41)42-34-35-43-37-55-58(38-44(43)36-42)63(56-28-14-12-20-47(56)48-21-13-15-29-57(48)63)62-54-27-11-5-19-46(54)45-18-4-6-22-49(45)61(55)62/h1-38H. The van der Waals surface area contributed by atoms with Gasteiger partial charge in [0, 0.05) is 0 Å². The Labute approximate surface area is 366 Å². The van der Waals surface area contributed by atoms with E-state index >= 15 is 0 Å². The van der Waals surface area contributed by atoms with Crippen molar-refractivity contribution in [2.45, 2.75) is 5.41 Å². The van der Waals surface area contributed by atoms with E-state index in [1.165, 1.54) is 132 Å². The molecule has 0 bridgehead atoms. The fourth-order valence-corrected chi connectivity index (χ4v) is 11.9. The molecular weight excluding hydrogens is 757 g/mol. The van der Waals surface area contributed by atoms with Gasteiger partial charge in [-0.1, -0.05) is 212 Å². The molecule has 0 heteroatoms. The van der Waals surface area contributed by atoms with Gasteiger partial charge in [-0.2, -0.15) is 0 Å². The maximum absolute atomic E-state index is 2.54. The predicted molar refractivity (Wildman–Crippen MR) is 267 cm³/mol. The van der Waals surface area contributed by atoms with Crippen molar-refractivity contribution in [2.24, 2.45) is 0 Å². The molecule has 12 aromatic carbocycles. The second-order valence-electron chi connectivity index (χ2n) is 17.4. The predicted octanol–water partition coefficient (Wildman–Crippen LogP) is 16.8. The van der Waals surface area contributed by atoms with Gasteiger partial charge in [0.15, 0.2) is 0 Å². The molecule has 0 aromatic heterocycles. The summed E-state index contributed by atoms with van der Waals surface area (Å²) in [6.45, 7) is 0. The van der Waals surface area contributed by atoms with Gasteiger partial charge in [0.05, 0.1) is 5.41 Å². The van der Waals surface area contributed by atoms with Crippen molar-refractivity contribution in [3.63, 3.8) is 0 Å². The molecule has 0 aliphatic heterocycles. The Morgan fingerprint density at radius 3 is 1.24 bits per heavy atom. The summed E-state index contributed by atoms with van der Waals surface area (Å²) in [5.41, 5.74) is 17.9. The highest BCUT2D eigenvalue weighted by atomic mass is 14.5. The first kappa shape index (κ1) is 34.6. The molecule has 0 N–H and O–H groups in total. The third-order valence-corrected chi connectivity index (χ3v) is 14.4. The van der Waals surface area contributed by atoms with Crippen LogP contribution in [0.25, 0.3) is 109 Å². The summed E-state index contributed by atoms with van der Waals surface area (Å²) in [4.78, 5) is 0. The Bertz CT molecular complexity index is 3790. The zero-order chi connectivity index (χ0) is 41.2. The maximum Gasteiger partial charge on any atom is 0.0731 e. The van der Waals surface area contributed by atoms with Gasteiger partial charge in [-0.15, -0.1) is 0 Å². The normalized spacial score (nSPS) is 13.2. The van der Waals surface area contributed by atoms with E-state index in [9.17, 15) is 0 Å². The third-order valence-electron chi connectivity index (χ3n) is 14.4. The first-order valence-corrected chi connectivity index (χ1v) is 22.1. The topological polar surface area (TPSA) is 0 Å². The van der Waals surface area contributed by atoms with E-state index in [0.717, 1.165) is 0 Å². The average Bonchev–Trinajstić information content (AvgIpc) is 3.82. The van der Waals surface area contributed by atoms with Gasteiger partial charge in [0.2, 0.25) is 0 Å². The molecule has 1 spiro atoms. The van der Waals surface area contributed by atoms with E-state index in [1.807, 2.05) is 0 Å². The molecule has 0 amide bonds. The average molecular weight is 795 g/mol. The summed E-state index contributed by atoms with van der Waals surface area (Å²) in [5.74, 6) is 0. The largest absolute Gasteiger partial charge is 0.0731 e. The Morgan fingerprint density at radius 2 is 0.651 bits per heavy atom. The summed E-state index contributed by atoms with van der Waals surface area (Å²) in [7, 11) is 0. The molecule has 0 fully saturated rings. The van der Waals surface area contributed by atoms with Crippen LogP contribution in [0.2, 0.25) is 0 Å². The monoisotopic (exact) mass is 794 g/mol. The van der Waals surface area contributed by atoms with Crippen molar-refractivity contribution in [1.82, 2.24) is 0 Å². The SMILES string of the molecule is c1ccc(-c2c3ccccc3c(-c3ccc(-c4ccc5cc6c(cc5c4)C4(c5ccccc5-c5ccccc54)c4c-6c5ccccc5c5ccccc45)cc3)c3ccccc23)cc1. The Balaban J connectivity index is 0.975. The Hall–Kier alpha value is -8.06. The third kappa shape index (κ3) is 4.65. The zero-order valence-electron chi connectivity index (χ0n) is 34.4. The summed E-state index contributed by atoms with van der Waals surface area (Å²) in [6.07, 6.45) is 0. The van der Waals surface area contributed by atoms with E-state index in [4.69, 9.17) is 0 Å². The van der Waals surface area contributed by atoms with E-state index < -0.39 is 5.41 Å². The van der Waals surface area contributed by atoms with Crippen molar-refractivity contribution in [3.05, 3.63) is 253 Å². The van der Waals surface area contributed by atoms with E-state index in [1.54, 1.807) is 0 Å². The zero-order valence-corrected chi connectivity index (χ0v) is 34.4. The van der Waals surface area contributed by atoms with Crippen LogP contribution in [-0.2, 0) is 5.41 Å². The van der Waals surface area contributed by atoms with Crippen LogP contribution in [0, 0.1) is 0 Å². The first-order chi connectivity index (χ1) is 31.3. The summed E-state index contributed by atoms with van der Waals surface area (Å²) >= 11 is 0. The van der Waals surface area contributed by atoms with Gasteiger partial charge in [0.1, 0.15) is 0 Å². The highest BCUT2D eigenvalue weighted by Gasteiger charge is 2.53. The molecule has 63 heavy (non-hydrogen) atoms. The molecule has 12 aromatic rings. The van der Waals surface area contributed by atoms with Gasteiger partial charge in [-0.3, -0.25) is 0 Å². The van der Waals surface area contributed by atoms with Gasteiger partial charge >= 0.3 is 0 Å². The molecule has 0 nitrogen and oxygen atoms in total. The van der Waals surface area contributed by atoms with Crippen LogP contribution in [0.3, 0.4) is 0 Å². The molecule has 0 heterocycles. The Morgan fingerprint density at radius 1 is 0.222 bits per heavy atom. The van der Waals surface area contributed by atoms with Crippen molar-refractivity contribution < 1.29 is 0 Å². The lowest BCUT2D eigenvalue weighted by molar-refractivity contribution is 0.803. The van der Waals surface area contributed by atoms with Crippen LogP contribution in [-0.4, -0.2) is 0 Å². The fraction of sp³-hybridized carbons (Fsp3) is 0.0159. The minimum Gasteiger partial charge on any atom is -0.0622 e. The summed E-state index contributed by atoms with van der Waals surface area (Å²) < 4.78 is 0. The maximum atomic E-state index is 2.54. The lowest BCUT2D eigenvalue weighted by Crippen LogP contribution is -2.26. The van der Waals surface area contributed by atoms with E-state index in [2.05, 4.69) is 231 Å². The molecule has 0 saturated carbocycles. The van der Waals surface area contributed by atoms with Gasteiger partial charge in [-0.05, 0) is 150 Å². The van der Waals surface area contributed by atoms with Crippen molar-refractivity contribution >= 4 is 53.9 Å². The first-order valence-electron chi connectivity index (χ1n) is 22.1. The number of hydrogen-bond donors (Lipinski definition) is 0. The number of fused-ring (bicyclic) bond motifs is 18. The molecule has 0 saturated heterocycles. The van der Waals surface area contributed by atoms with Crippen LogP contribution in [0.4, 0.5) is 0 Å². The van der Waals surface area contributed by atoms with Crippen LogP contribution in [0.15, 0.2) is 231 Å². The minimum absolute atomic E-state index is 0.463. The van der Waals surface area contributed by atoms with Crippen LogP contribution < -0.4 is 0 Å². The van der Waals surface area contributed by atoms with Crippen LogP contribution >= 0.6 is 0 Å². The van der Waals surface area contributed by atoms with Gasteiger partial charge in [0.25, 0.3) is 0 Å². The van der Waals surface area contributed by atoms with Gasteiger partial charge < -0.3 is 0 Å². The van der Waals surface area contributed by atoms with Crippen molar-refractivity contribution in [1.29, 1.82) is 0 Å². The molecule has 0 radical (unpaired) electrons. The minimum atomic E-state index is -0.463. The fourth-order valence-electron chi connectivity index (χ4n) is 11.9. The molecule has 0 atom stereocenters. The number of rotatable bonds is 3. The summed E-state index contributed by atoms with van der Waals surface area (Å²) in [6, 6.07) is 86.5. The quantitative estimate of drug-likeness (QED) is 0.123. The lowest BCUT2D eigenvalue weighted by atomic mass is 9.69. The van der Waals surface area contributed by atoms with Crippen molar-refractivity contribution in [3.8, 4) is 55.6 Å². The molecule has 0 unspecified atom stereocenters. The molecular formula is C63H38. The lowest BCUT2D eigenvalue weighted by Gasteiger charge is -2.32.